The fraction of sp³-hybridized carbons (Fsp3) is 0.200. The van der Waals surface area contributed by atoms with Crippen molar-refractivity contribution in [3.63, 3.8) is 0 Å². The van der Waals surface area contributed by atoms with Crippen LogP contribution in [0.5, 0.6) is 11.5 Å². The number of pyridine rings is 1. The molecule has 0 aliphatic rings. The first-order chi connectivity index (χ1) is 10.0. The van der Waals surface area contributed by atoms with Gasteiger partial charge in [-0.3, -0.25) is 9.59 Å². The molecule has 6 nitrogen and oxygen atoms in total. The summed E-state index contributed by atoms with van der Waals surface area (Å²) in [5, 5.41) is 2.71. The van der Waals surface area contributed by atoms with Crippen LogP contribution in [0.25, 0.3) is 0 Å². The standard InChI is InChI=1S/C15H16N2O4/c1-9-6-10(7-14(18)16-9)15(19)17-12-5-4-11(20-2)8-13(12)21-3/h4-8H,1-3H3,(H,16,18)(H,17,19). The minimum atomic E-state index is -0.382. The predicted molar refractivity (Wildman–Crippen MR) is 79.3 cm³/mol. The van der Waals surface area contributed by atoms with Gasteiger partial charge in [0.25, 0.3) is 5.91 Å². The molecule has 2 N–H and O–H groups in total. The summed E-state index contributed by atoms with van der Waals surface area (Å²) < 4.78 is 10.3. The van der Waals surface area contributed by atoms with E-state index in [1.807, 2.05) is 0 Å². The van der Waals surface area contributed by atoms with Crippen LogP contribution < -0.4 is 20.3 Å². The third-order valence-corrected chi connectivity index (χ3v) is 2.90. The van der Waals surface area contributed by atoms with Gasteiger partial charge in [0.1, 0.15) is 11.5 Å². The zero-order chi connectivity index (χ0) is 15.4. The number of aromatic nitrogens is 1. The Bertz CT molecular complexity index is 722. The third-order valence-electron chi connectivity index (χ3n) is 2.90. The van der Waals surface area contributed by atoms with Crippen LogP contribution in [0.1, 0.15) is 16.1 Å². The predicted octanol–water partition coefficient (Wildman–Crippen LogP) is 1.95. The first-order valence-corrected chi connectivity index (χ1v) is 6.28. The number of nitrogens with one attached hydrogen (secondary N) is 2. The molecular formula is C15H16N2O4. The second kappa shape index (κ2) is 6.13. The molecule has 0 spiro atoms. The number of rotatable bonds is 4. The number of aryl methyl sites for hydroxylation is 1. The van der Waals surface area contributed by atoms with E-state index in [4.69, 9.17) is 9.47 Å². The lowest BCUT2D eigenvalue weighted by atomic mass is 10.2. The highest BCUT2D eigenvalue weighted by Gasteiger charge is 2.11. The average molecular weight is 288 g/mol. The van der Waals surface area contributed by atoms with Crippen LogP contribution in [0.3, 0.4) is 0 Å². The number of H-pyrrole nitrogens is 1. The molecule has 0 radical (unpaired) electrons. The van der Waals surface area contributed by atoms with Crippen molar-refractivity contribution in [3.05, 3.63) is 51.9 Å². The van der Waals surface area contributed by atoms with Crippen molar-refractivity contribution in [2.75, 3.05) is 19.5 Å². The summed E-state index contributed by atoms with van der Waals surface area (Å²) in [4.78, 5) is 26.2. The molecule has 0 saturated heterocycles. The molecule has 1 aromatic heterocycles. The maximum absolute atomic E-state index is 12.2. The van der Waals surface area contributed by atoms with Gasteiger partial charge < -0.3 is 19.8 Å². The Kier molecular flexibility index (Phi) is 4.27. The van der Waals surface area contributed by atoms with Crippen LogP contribution in [0, 0.1) is 6.92 Å². The third kappa shape index (κ3) is 3.42. The lowest BCUT2D eigenvalue weighted by molar-refractivity contribution is 0.102. The van der Waals surface area contributed by atoms with Gasteiger partial charge in [0.2, 0.25) is 5.56 Å². The van der Waals surface area contributed by atoms with Crippen molar-refractivity contribution in [2.24, 2.45) is 0 Å². The number of anilines is 1. The summed E-state index contributed by atoms with van der Waals surface area (Å²) in [5.41, 5.74) is 1.09. The number of hydrogen-bond donors (Lipinski definition) is 2. The van der Waals surface area contributed by atoms with Crippen molar-refractivity contribution in [1.29, 1.82) is 0 Å². The highest BCUT2D eigenvalue weighted by molar-refractivity contribution is 6.05. The van der Waals surface area contributed by atoms with Crippen molar-refractivity contribution >= 4 is 11.6 Å². The van der Waals surface area contributed by atoms with Crippen LogP contribution in [0.15, 0.2) is 35.1 Å². The molecule has 6 heteroatoms. The van der Waals surface area contributed by atoms with Gasteiger partial charge in [0.05, 0.1) is 19.9 Å². The second-order valence-electron chi connectivity index (χ2n) is 4.44. The Morgan fingerprint density at radius 1 is 1.14 bits per heavy atom. The molecule has 2 rings (SSSR count). The Balaban J connectivity index is 2.29. The van der Waals surface area contributed by atoms with E-state index in [1.54, 1.807) is 38.3 Å². The summed E-state index contributed by atoms with van der Waals surface area (Å²) in [7, 11) is 3.05. The van der Waals surface area contributed by atoms with E-state index in [0.717, 1.165) is 0 Å². The molecule has 2 aromatic rings. The van der Waals surface area contributed by atoms with E-state index >= 15 is 0 Å². The van der Waals surface area contributed by atoms with Gasteiger partial charge in [0.15, 0.2) is 0 Å². The number of carbonyl (C=O) groups is 1. The molecule has 0 atom stereocenters. The molecule has 1 heterocycles. The minimum Gasteiger partial charge on any atom is -0.497 e. The van der Waals surface area contributed by atoms with Gasteiger partial charge in [-0.15, -0.1) is 0 Å². The Morgan fingerprint density at radius 3 is 2.52 bits per heavy atom. The number of amides is 1. The summed E-state index contributed by atoms with van der Waals surface area (Å²) in [6.45, 7) is 1.71. The van der Waals surface area contributed by atoms with Crippen molar-refractivity contribution in [1.82, 2.24) is 4.98 Å². The number of ether oxygens (including phenoxy) is 2. The summed E-state index contributed by atoms with van der Waals surface area (Å²) >= 11 is 0. The molecule has 110 valence electrons. The van der Waals surface area contributed by atoms with Gasteiger partial charge in [-0.1, -0.05) is 0 Å². The molecular weight excluding hydrogens is 272 g/mol. The summed E-state index contributed by atoms with van der Waals surface area (Å²) in [5.74, 6) is 0.716. The van der Waals surface area contributed by atoms with Gasteiger partial charge in [-0.2, -0.15) is 0 Å². The van der Waals surface area contributed by atoms with Gasteiger partial charge in [0, 0.05) is 23.4 Å². The SMILES string of the molecule is COc1ccc(NC(=O)c2cc(C)[nH]c(=O)c2)c(OC)c1. The number of aromatic amines is 1. The zero-order valence-corrected chi connectivity index (χ0v) is 12.0. The summed E-state index contributed by atoms with van der Waals surface area (Å²) in [6.07, 6.45) is 0. The van der Waals surface area contributed by atoms with E-state index in [-0.39, 0.29) is 17.0 Å². The van der Waals surface area contributed by atoms with Crippen LogP contribution in [0.4, 0.5) is 5.69 Å². The van der Waals surface area contributed by atoms with E-state index in [2.05, 4.69) is 10.3 Å². The molecule has 1 aromatic carbocycles. The topological polar surface area (TPSA) is 80.4 Å². The molecule has 0 aliphatic heterocycles. The number of hydrogen-bond acceptors (Lipinski definition) is 4. The highest BCUT2D eigenvalue weighted by atomic mass is 16.5. The highest BCUT2D eigenvalue weighted by Crippen LogP contribution is 2.29. The maximum atomic E-state index is 12.2. The maximum Gasteiger partial charge on any atom is 0.256 e. The average Bonchev–Trinajstić information content (AvgIpc) is 2.46. The smallest absolute Gasteiger partial charge is 0.256 e. The lowest BCUT2D eigenvalue weighted by Gasteiger charge is -2.11. The first kappa shape index (κ1) is 14.6. The number of methoxy groups -OCH3 is 2. The van der Waals surface area contributed by atoms with Crippen LogP contribution in [-0.2, 0) is 0 Å². The van der Waals surface area contributed by atoms with Gasteiger partial charge >= 0.3 is 0 Å². The van der Waals surface area contributed by atoms with Gasteiger partial charge in [-0.25, -0.2) is 0 Å². The lowest BCUT2D eigenvalue weighted by Crippen LogP contribution is -2.17. The molecule has 0 fully saturated rings. The summed E-state index contributed by atoms with van der Waals surface area (Å²) in [6, 6.07) is 7.90. The fourth-order valence-electron chi connectivity index (χ4n) is 1.91. The largest absolute Gasteiger partial charge is 0.497 e. The van der Waals surface area contributed by atoms with Crippen molar-refractivity contribution in [2.45, 2.75) is 6.92 Å². The monoisotopic (exact) mass is 288 g/mol. The van der Waals surface area contributed by atoms with Crippen LogP contribution in [0.2, 0.25) is 0 Å². The zero-order valence-electron chi connectivity index (χ0n) is 12.0. The quantitative estimate of drug-likeness (QED) is 0.901. The Hall–Kier alpha value is -2.76. The van der Waals surface area contributed by atoms with E-state index < -0.39 is 0 Å². The normalized spacial score (nSPS) is 10.0. The first-order valence-electron chi connectivity index (χ1n) is 6.28. The second-order valence-corrected chi connectivity index (χ2v) is 4.44. The van der Waals surface area contributed by atoms with E-state index in [9.17, 15) is 9.59 Å². The molecule has 1 amide bonds. The Morgan fingerprint density at radius 2 is 1.90 bits per heavy atom. The van der Waals surface area contributed by atoms with E-state index in [1.165, 1.54) is 13.2 Å². The Labute approximate surface area is 121 Å². The molecule has 0 aliphatic carbocycles. The molecule has 0 saturated carbocycles. The number of benzene rings is 1. The fourth-order valence-corrected chi connectivity index (χ4v) is 1.91. The minimum absolute atomic E-state index is 0.286. The molecule has 0 bridgehead atoms. The number of carbonyl (C=O) groups excluding carboxylic acids is 1. The van der Waals surface area contributed by atoms with Gasteiger partial charge in [-0.05, 0) is 25.1 Å². The van der Waals surface area contributed by atoms with Crippen molar-refractivity contribution < 1.29 is 14.3 Å². The van der Waals surface area contributed by atoms with Crippen LogP contribution >= 0.6 is 0 Å². The molecule has 0 unspecified atom stereocenters. The van der Waals surface area contributed by atoms with Crippen molar-refractivity contribution in [3.8, 4) is 11.5 Å². The van der Waals surface area contributed by atoms with Crippen LogP contribution in [-0.4, -0.2) is 25.1 Å². The molecule has 21 heavy (non-hydrogen) atoms. The van der Waals surface area contributed by atoms with E-state index in [0.29, 0.717) is 22.9 Å².